The molecule has 0 saturated carbocycles. The SMILES string of the molecule is COC(CNC(=O)C=Cc1ccccc1)c1ccc(OCCC=C(C)C)cc1. The quantitative estimate of drug-likeness (QED) is 0.361. The van der Waals surface area contributed by atoms with Gasteiger partial charge in [0.1, 0.15) is 5.75 Å². The molecular formula is C24H29NO3. The highest BCUT2D eigenvalue weighted by atomic mass is 16.5. The first-order valence-corrected chi connectivity index (χ1v) is 9.48. The second-order valence-electron chi connectivity index (χ2n) is 6.70. The van der Waals surface area contributed by atoms with Crippen molar-refractivity contribution in [3.05, 3.63) is 83.4 Å². The summed E-state index contributed by atoms with van der Waals surface area (Å²) in [5, 5.41) is 2.88. The summed E-state index contributed by atoms with van der Waals surface area (Å²) in [5.74, 6) is 0.681. The maximum absolute atomic E-state index is 12.0. The molecule has 0 heterocycles. The number of methoxy groups -OCH3 is 1. The highest BCUT2D eigenvalue weighted by Gasteiger charge is 2.11. The normalized spacial score (nSPS) is 11.8. The number of carbonyl (C=O) groups excluding carboxylic acids is 1. The molecule has 0 aliphatic carbocycles. The van der Waals surface area contributed by atoms with Gasteiger partial charge in [-0.25, -0.2) is 0 Å². The van der Waals surface area contributed by atoms with Crippen LogP contribution in [-0.2, 0) is 9.53 Å². The van der Waals surface area contributed by atoms with Gasteiger partial charge in [-0.15, -0.1) is 0 Å². The van der Waals surface area contributed by atoms with Gasteiger partial charge in [0.25, 0.3) is 0 Å². The Balaban J connectivity index is 1.82. The first-order valence-electron chi connectivity index (χ1n) is 9.48. The zero-order valence-electron chi connectivity index (χ0n) is 16.9. The van der Waals surface area contributed by atoms with E-state index in [4.69, 9.17) is 9.47 Å². The molecule has 0 fully saturated rings. The highest BCUT2D eigenvalue weighted by Crippen LogP contribution is 2.20. The van der Waals surface area contributed by atoms with Crippen molar-refractivity contribution in [2.75, 3.05) is 20.3 Å². The average Bonchev–Trinajstić information content (AvgIpc) is 2.71. The lowest BCUT2D eigenvalue weighted by Gasteiger charge is -2.16. The summed E-state index contributed by atoms with van der Waals surface area (Å²) < 4.78 is 11.3. The van der Waals surface area contributed by atoms with Crippen LogP contribution in [0.25, 0.3) is 6.08 Å². The van der Waals surface area contributed by atoms with Crippen molar-refractivity contribution in [1.82, 2.24) is 5.32 Å². The van der Waals surface area contributed by atoms with E-state index in [1.807, 2.05) is 54.6 Å². The van der Waals surface area contributed by atoms with E-state index in [9.17, 15) is 4.79 Å². The maximum Gasteiger partial charge on any atom is 0.244 e. The van der Waals surface area contributed by atoms with Gasteiger partial charge in [-0.2, -0.15) is 0 Å². The largest absolute Gasteiger partial charge is 0.493 e. The van der Waals surface area contributed by atoms with Crippen molar-refractivity contribution in [3.63, 3.8) is 0 Å². The molecule has 2 rings (SSSR count). The van der Waals surface area contributed by atoms with Gasteiger partial charge in [0, 0.05) is 19.7 Å². The van der Waals surface area contributed by atoms with Crippen molar-refractivity contribution in [1.29, 1.82) is 0 Å². The maximum atomic E-state index is 12.0. The molecule has 4 nitrogen and oxygen atoms in total. The summed E-state index contributed by atoms with van der Waals surface area (Å²) in [6.45, 7) is 5.21. The lowest BCUT2D eigenvalue weighted by atomic mass is 10.1. The van der Waals surface area contributed by atoms with Gasteiger partial charge in [-0.05, 0) is 49.6 Å². The van der Waals surface area contributed by atoms with Crippen LogP contribution in [0.15, 0.2) is 72.3 Å². The van der Waals surface area contributed by atoms with Crippen molar-refractivity contribution in [2.24, 2.45) is 0 Å². The average molecular weight is 380 g/mol. The number of nitrogens with one attached hydrogen (secondary N) is 1. The molecule has 0 bridgehead atoms. The second-order valence-corrected chi connectivity index (χ2v) is 6.70. The smallest absolute Gasteiger partial charge is 0.244 e. The van der Waals surface area contributed by atoms with Crippen LogP contribution in [0.5, 0.6) is 5.75 Å². The first-order chi connectivity index (χ1) is 13.6. The molecule has 2 aromatic carbocycles. The highest BCUT2D eigenvalue weighted by molar-refractivity contribution is 5.91. The molecule has 4 heteroatoms. The van der Waals surface area contributed by atoms with E-state index >= 15 is 0 Å². The molecule has 0 spiro atoms. The summed E-state index contributed by atoms with van der Waals surface area (Å²) in [6.07, 6.45) is 6.16. The minimum absolute atomic E-state index is 0.148. The van der Waals surface area contributed by atoms with Gasteiger partial charge in [0.05, 0.1) is 12.7 Å². The fourth-order valence-corrected chi connectivity index (χ4v) is 2.63. The van der Waals surface area contributed by atoms with Gasteiger partial charge in [-0.3, -0.25) is 4.79 Å². The molecular weight excluding hydrogens is 350 g/mol. The molecule has 1 atom stereocenters. The van der Waals surface area contributed by atoms with Crippen LogP contribution in [0.4, 0.5) is 0 Å². The van der Waals surface area contributed by atoms with Gasteiger partial charge >= 0.3 is 0 Å². The van der Waals surface area contributed by atoms with E-state index in [0.29, 0.717) is 13.2 Å². The van der Waals surface area contributed by atoms with Crippen LogP contribution in [0, 0.1) is 0 Å². The van der Waals surface area contributed by atoms with Crippen molar-refractivity contribution in [3.8, 4) is 5.75 Å². The Morgan fingerprint density at radius 1 is 1.07 bits per heavy atom. The van der Waals surface area contributed by atoms with Gasteiger partial charge in [0.15, 0.2) is 0 Å². The van der Waals surface area contributed by atoms with Gasteiger partial charge in [-0.1, -0.05) is 54.1 Å². The third-order valence-corrected chi connectivity index (χ3v) is 4.16. The third kappa shape index (κ3) is 7.80. The third-order valence-electron chi connectivity index (χ3n) is 4.16. The zero-order valence-corrected chi connectivity index (χ0v) is 16.9. The van der Waals surface area contributed by atoms with Crippen LogP contribution >= 0.6 is 0 Å². The molecule has 148 valence electrons. The van der Waals surface area contributed by atoms with E-state index in [1.165, 1.54) is 11.6 Å². The molecule has 1 unspecified atom stereocenters. The molecule has 2 aromatic rings. The van der Waals surface area contributed by atoms with E-state index in [1.54, 1.807) is 13.2 Å². The number of amides is 1. The van der Waals surface area contributed by atoms with Crippen LogP contribution in [-0.4, -0.2) is 26.2 Å². The Bertz CT molecular complexity index is 775. The number of rotatable bonds is 10. The van der Waals surface area contributed by atoms with E-state index in [-0.39, 0.29) is 12.0 Å². The Morgan fingerprint density at radius 2 is 1.79 bits per heavy atom. The van der Waals surface area contributed by atoms with Crippen LogP contribution < -0.4 is 10.1 Å². The summed E-state index contributed by atoms with van der Waals surface area (Å²) in [7, 11) is 1.64. The summed E-state index contributed by atoms with van der Waals surface area (Å²) in [5.41, 5.74) is 3.27. The summed E-state index contributed by atoms with van der Waals surface area (Å²) in [6, 6.07) is 17.5. The van der Waals surface area contributed by atoms with E-state index < -0.39 is 0 Å². The Morgan fingerprint density at radius 3 is 2.43 bits per heavy atom. The van der Waals surface area contributed by atoms with Gasteiger partial charge < -0.3 is 14.8 Å². The second kappa shape index (κ2) is 11.8. The molecule has 0 saturated heterocycles. The fraction of sp³-hybridized carbons (Fsp3) is 0.292. The van der Waals surface area contributed by atoms with E-state index in [2.05, 4.69) is 25.2 Å². The number of hydrogen-bond donors (Lipinski definition) is 1. The minimum atomic E-state index is -0.214. The topological polar surface area (TPSA) is 47.6 Å². The predicted octanol–water partition coefficient (Wildman–Crippen LogP) is 4.94. The van der Waals surface area contributed by atoms with E-state index in [0.717, 1.165) is 23.3 Å². The Kier molecular flexibility index (Phi) is 9.02. The first kappa shape index (κ1) is 21.5. The van der Waals surface area contributed by atoms with Crippen LogP contribution in [0.2, 0.25) is 0 Å². The predicted molar refractivity (Wildman–Crippen MR) is 114 cm³/mol. The lowest BCUT2D eigenvalue weighted by Crippen LogP contribution is -2.27. The van der Waals surface area contributed by atoms with Crippen molar-refractivity contribution in [2.45, 2.75) is 26.4 Å². The Hall–Kier alpha value is -2.85. The monoisotopic (exact) mass is 379 g/mol. The lowest BCUT2D eigenvalue weighted by molar-refractivity contribution is -0.117. The number of hydrogen-bond acceptors (Lipinski definition) is 3. The molecule has 0 aliphatic heterocycles. The van der Waals surface area contributed by atoms with Crippen LogP contribution in [0.3, 0.4) is 0 Å². The molecule has 1 amide bonds. The zero-order chi connectivity index (χ0) is 20.2. The number of carbonyl (C=O) groups is 1. The summed E-state index contributed by atoms with van der Waals surface area (Å²) >= 11 is 0. The molecule has 0 radical (unpaired) electrons. The van der Waals surface area contributed by atoms with Crippen molar-refractivity contribution >= 4 is 12.0 Å². The molecule has 28 heavy (non-hydrogen) atoms. The van der Waals surface area contributed by atoms with Crippen LogP contribution in [0.1, 0.15) is 37.5 Å². The summed E-state index contributed by atoms with van der Waals surface area (Å²) in [4.78, 5) is 12.0. The molecule has 1 N–H and O–H groups in total. The number of benzene rings is 2. The van der Waals surface area contributed by atoms with Gasteiger partial charge in [0.2, 0.25) is 5.91 Å². The molecule has 0 aliphatic rings. The Labute approximate surface area is 167 Å². The fourth-order valence-electron chi connectivity index (χ4n) is 2.63. The minimum Gasteiger partial charge on any atom is -0.493 e. The van der Waals surface area contributed by atoms with Crippen molar-refractivity contribution < 1.29 is 14.3 Å². The standard InChI is InChI=1S/C24H29NO3/c1-19(2)8-7-17-28-22-14-12-21(13-15-22)23(27-3)18-25-24(26)16-11-20-9-5-4-6-10-20/h4-6,8-16,23H,7,17-18H2,1-3H3,(H,25,26). The molecule has 0 aromatic heterocycles. The number of allylic oxidation sites excluding steroid dienone is 1. The number of ether oxygens (including phenoxy) is 2.